The van der Waals surface area contributed by atoms with E-state index in [2.05, 4.69) is 15.3 Å². The number of nitrogens with zero attached hydrogens (tertiary/aromatic N) is 2. The number of hydrogen-bond donors (Lipinski definition) is 2. The highest BCUT2D eigenvalue weighted by molar-refractivity contribution is 7.18. The highest BCUT2D eigenvalue weighted by atomic mass is 32.1. The molecule has 0 radical (unpaired) electrons. The Balaban J connectivity index is 1.61. The maximum absolute atomic E-state index is 14.9. The first-order valence-corrected chi connectivity index (χ1v) is 11.2. The van der Waals surface area contributed by atoms with Gasteiger partial charge in [-0.1, -0.05) is 12.1 Å². The van der Waals surface area contributed by atoms with Crippen molar-refractivity contribution in [1.29, 1.82) is 0 Å². The summed E-state index contributed by atoms with van der Waals surface area (Å²) in [5.41, 5.74) is 1.81. The molecule has 0 unspecified atom stereocenters. The fraction of sp³-hybridized carbons (Fsp3) is 0.160. The van der Waals surface area contributed by atoms with Crippen LogP contribution in [-0.2, 0) is 6.42 Å². The van der Waals surface area contributed by atoms with Crippen LogP contribution in [0.25, 0.3) is 21.0 Å². The molecule has 0 aliphatic heterocycles. The first-order valence-electron chi connectivity index (χ1n) is 10.4. The average Bonchev–Trinajstić information content (AvgIpc) is 3.30. The summed E-state index contributed by atoms with van der Waals surface area (Å²) < 4.78 is 28.1. The van der Waals surface area contributed by atoms with Crippen LogP contribution in [0.2, 0.25) is 0 Å². The third kappa shape index (κ3) is 5.47. The molecule has 4 rings (SSSR count). The van der Waals surface area contributed by atoms with E-state index < -0.39 is 11.7 Å². The minimum absolute atomic E-state index is 0.107. The third-order valence-electron chi connectivity index (χ3n) is 5.10. The van der Waals surface area contributed by atoms with E-state index in [1.54, 1.807) is 30.5 Å². The molecular weight excluding hydrogens is 444 g/mol. The molecule has 8 heteroatoms. The smallest absolute Gasteiger partial charge is 0.252 e. The fourth-order valence-electron chi connectivity index (χ4n) is 3.49. The summed E-state index contributed by atoms with van der Waals surface area (Å²) in [6.07, 6.45) is 3.95. The molecule has 5 nitrogen and oxygen atoms in total. The number of carbonyl (C=O) groups is 1. The number of benzene rings is 2. The van der Waals surface area contributed by atoms with E-state index in [4.69, 9.17) is 0 Å². The van der Waals surface area contributed by atoms with E-state index in [0.29, 0.717) is 28.3 Å². The predicted octanol–water partition coefficient (Wildman–Crippen LogP) is 4.87. The molecule has 0 saturated carbocycles. The number of pyridine rings is 1. The molecule has 2 aromatic heterocycles. The van der Waals surface area contributed by atoms with Gasteiger partial charge in [-0.2, -0.15) is 0 Å². The molecule has 2 N–H and O–H groups in total. The van der Waals surface area contributed by atoms with Gasteiger partial charge in [0.1, 0.15) is 16.6 Å². The van der Waals surface area contributed by atoms with Gasteiger partial charge in [-0.15, -0.1) is 11.3 Å². The molecule has 0 spiro atoms. The number of halogens is 2. The molecule has 0 aliphatic carbocycles. The molecule has 168 valence electrons. The van der Waals surface area contributed by atoms with Crippen LogP contribution in [0.5, 0.6) is 0 Å². The number of aromatic nitrogens is 2. The predicted molar refractivity (Wildman–Crippen MR) is 124 cm³/mol. The summed E-state index contributed by atoms with van der Waals surface area (Å²) in [5.74, 6) is -1.34. The van der Waals surface area contributed by atoms with Crippen LogP contribution in [0.3, 0.4) is 0 Å². The minimum Gasteiger partial charge on any atom is -0.396 e. The Hall–Kier alpha value is -3.49. The van der Waals surface area contributed by atoms with Crippen molar-refractivity contribution < 1.29 is 18.7 Å². The second kappa shape index (κ2) is 10.4. The second-order valence-corrected chi connectivity index (χ2v) is 8.44. The van der Waals surface area contributed by atoms with Gasteiger partial charge >= 0.3 is 0 Å². The molecule has 4 aromatic rings. The molecule has 0 fully saturated rings. The van der Waals surface area contributed by atoms with Crippen molar-refractivity contribution in [3.8, 4) is 21.0 Å². The van der Waals surface area contributed by atoms with Gasteiger partial charge in [-0.3, -0.25) is 9.78 Å². The Kier molecular flexibility index (Phi) is 7.16. The number of amides is 1. The highest BCUT2D eigenvalue weighted by Gasteiger charge is 2.22. The Bertz CT molecular complexity index is 1230. The van der Waals surface area contributed by atoms with Crippen LogP contribution >= 0.6 is 11.3 Å². The monoisotopic (exact) mass is 465 g/mol. The molecule has 0 aliphatic rings. The van der Waals surface area contributed by atoms with Crippen molar-refractivity contribution in [1.82, 2.24) is 15.3 Å². The van der Waals surface area contributed by atoms with Crippen LogP contribution in [0, 0.1) is 11.6 Å². The quantitative estimate of drug-likeness (QED) is 0.389. The van der Waals surface area contributed by atoms with E-state index >= 15 is 0 Å². The molecule has 1 amide bonds. The van der Waals surface area contributed by atoms with E-state index in [-0.39, 0.29) is 29.6 Å². The topological polar surface area (TPSA) is 75.1 Å². The largest absolute Gasteiger partial charge is 0.396 e. The summed E-state index contributed by atoms with van der Waals surface area (Å²) in [6, 6.07) is 15.3. The zero-order chi connectivity index (χ0) is 23.2. The van der Waals surface area contributed by atoms with Crippen molar-refractivity contribution in [3.05, 3.63) is 95.9 Å². The number of aliphatic hydroxyl groups is 1. The third-order valence-corrected chi connectivity index (χ3v) is 6.16. The van der Waals surface area contributed by atoms with E-state index in [9.17, 15) is 18.7 Å². The Morgan fingerprint density at radius 1 is 1.03 bits per heavy atom. The Labute approximate surface area is 193 Å². The van der Waals surface area contributed by atoms with Crippen LogP contribution in [0.1, 0.15) is 22.5 Å². The van der Waals surface area contributed by atoms with Crippen molar-refractivity contribution >= 4 is 17.2 Å². The number of hydrogen-bond acceptors (Lipinski definition) is 5. The first kappa shape index (κ1) is 22.7. The standard InChI is InChI=1S/C25H21F2N3O2S/c26-17-9-7-16(8-10-17)25-29-15-22(33-25)23-20(5-3-6-21(23)27)24(32)30-19(11-13-31)14-18-4-1-2-12-28-18/h1-10,12,15,19,31H,11,13-14H2,(H,30,32)/t19-/m0/s1. The van der Waals surface area contributed by atoms with Gasteiger partial charge in [-0.05, 0) is 55.0 Å². The molecule has 33 heavy (non-hydrogen) atoms. The van der Waals surface area contributed by atoms with Gasteiger partial charge in [0.25, 0.3) is 5.91 Å². The fourth-order valence-corrected chi connectivity index (χ4v) is 4.48. The molecule has 1 atom stereocenters. The SMILES string of the molecule is O=C(N[C@@H](CCO)Cc1ccccn1)c1cccc(F)c1-c1cnc(-c2ccc(F)cc2)s1. The summed E-state index contributed by atoms with van der Waals surface area (Å²) in [7, 11) is 0. The Morgan fingerprint density at radius 2 is 1.85 bits per heavy atom. The number of carbonyl (C=O) groups excluding carboxylic acids is 1. The van der Waals surface area contributed by atoms with Crippen LogP contribution in [0.4, 0.5) is 8.78 Å². The lowest BCUT2D eigenvalue weighted by molar-refractivity contribution is 0.0930. The average molecular weight is 466 g/mol. The van der Waals surface area contributed by atoms with Crippen LogP contribution in [0.15, 0.2) is 73.1 Å². The zero-order valence-electron chi connectivity index (χ0n) is 17.5. The molecule has 0 saturated heterocycles. The van der Waals surface area contributed by atoms with Gasteiger partial charge < -0.3 is 10.4 Å². The molecular formula is C25H21F2N3O2S. The van der Waals surface area contributed by atoms with Crippen LogP contribution in [-0.4, -0.2) is 33.6 Å². The Morgan fingerprint density at radius 3 is 2.58 bits per heavy atom. The number of rotatable bonds is 8. The summed E-state index contributed by atoms with van der Waals surface area (Å²) in [4.78, 5) is 22.2. The molecule has 2 aromatic carbocycles. The van der Waals surface area contributed by atoms with Gasteiger partial charge in [0.15, 0.2) is 0 Å². The molecule has 2 heterocycles. The van der Waals surface area contributed by atoms with Crippen LogP contribution < -0.4 is 5.32 Å². The van der Waals surface area contributed by atoms with Gasteiger partial charge in [-0.25, -0.2) is 13.8 Å². The second-order valence-electron chi connectivity index (χ2n) is 7.41. The summed E-state index contributed by atoms with van der Waals surface area (Å²) >= 11 is 1.22. The van der Waals surface area contributed by atoms with Crippen molar-refractivity contribution in [2.45, 2.75) is 18.9 Å². The number of nitrogens with one attached hydrogen (secondary N) is 1. The van der Waals surface area contributed by atoms with E-state index in [1.807, 2.05) is 12.1 Å². The van der Waals surface area contributed by atoms with Gasteiger partial charge in [0, 0.05) is 48.3 Å². The number of aliphatic hydroxyl groups excluding tert-OH is 1. The normalized spacial score (nSPS) is 11.8. The minimum atomic E-state index is -0.541. The maximum atomic E-state index is 14.9. The zero-order valence-corrected chi connectivity index (χ0v) is 18.4. The van der Waals surface area contributed by atoms with E-state index in [1.165, 1.54) is 41.8 Å². The molecule has 0 bridgehead atoms. The lowest BCUT2D eigenvalue weighted by atomic mass is 10.0. The van der Waals surface area contributed by atoms with Crippen molar-refractivity contribution in [3.63, 3.8) is 0 Å². The van der Waals surface area contributed by atoms with Crippen molar-refractivity contribution in [2.24, 2.45) is 0 Å². The first-order chi connectivity index (χ1) is 16.0. The van der Waals surface area contributed by atoms with Gasteiger partial charge in [0.05, 0.1) is 10.4 Å². The highest BCUT2D eigenvalue weighted by Crippen LogP contribution is 2.35. The summed E-state index contributed by atoms with van der Waals surface area (Å²) in [6.45, 7) is -0.107. The van der Waals surface area contributed by atoms with Crippen molar-refractivity contribution in [2.75, 3.05) is 6.61 Å². The lowest BCUT2D eigenvalue weighted by Crippen LogP contribution is -2.37. The number of thiazole rings is 1. The maximum Gasteiger partial charge on any atom is 0.252 e. The summed E-state index contributed by atoms with van der Waals surface area (Å²) in [5, 5.41) is 12.9. The van der Waals surface area contributed by atoms with Gasteiger partial charge in [0.2, 0.25) is 0 Å². The lowest BCUT2D eigenvalue weighted by Gasteiger charge is -2.18. The van der Waals surface area contributed by atoms with E-state index in [0.717, 1.165) is 5.69 Å².